The summed E-state index contributed by atoms with van der Waals surface area (Å²) in [5.41, 5.74) is -0.703. The number of aliphatic hydroxyl groups is 1. The van der Waals surface area contributed by atoms with Gasteiger partial charge in [-0.15, -0.1) is 0 Å². The van der Waals surface area contributed by atoms with Crippen LogP contribution < -0.4 is 0 Å². The SMILES string of the molecule is OC1(C#CCC2CCCCO2)CCCCCC1. The highest BCUT2D eigenvalue weighted by Gasteiger charge is 2.25. The van der Waals surface area contributed by atoms with Crippen LogP contribution in [0, 0.1) is 11.8 Å². The Bertz CT molecular complexity index is 273. The van der Waals surface area contributed by atoms with Gasteiger partial charge in [0.15, 0.2) is 0 Å². The van der Waals surface area contributed by atoms with Crippen molar-refractivity contribution < 1.29 is 9.84 Å². The third kappa shape index (κ3) is 4.33. The first kappa shape index (κ1) is 12.9. The molecule has 2 fully saturated rings. The predicted molar refractivity (Wildman–Crippen MR) is 68.6 cm³/mol. The van der Waals surface area contributed by atoms with E-state index in [1.807, 2.05) is 0 Å². The van der Waals surface area contributed by atoms with Gasteiger partial charge in [-0.05, 0) is 44.9 Å². The summed E-state index contributed by atoms with van der Waals surface area (Å²) in [6, 6.07) is 0. The lowest BCUT2D eigenvalue weighted by atomic mass is 9.95. The Morgan fingerprint density at radius 2 is 1.82 bits per heavy atom. The normalized spacial score (nSPS) is 28.9. The third-order valence-corrected chi connectivity index (χ3v) is 3.86. The molecule has 1 saturated carbocycles. The molecule has 1 aliphatic carbocycles. The molecule has 0 spiro atoms. The van der Waals surface area contributed by atoms with E-state index in [1.165, 1.54) is 25.7 Å². The summed E-state index contributed by atoms with van der Waals surface area (Å²) in [6.45, 7) is 0.886. The van der Waals surface area contributed by atoms with Crippen LogP contribution in [0.15, 0.2) is 0 Å². The molecule has 17 heavy (non-hydrogen) atoms. The van der Waals surface area contributed by atoms with Gasteiger partial charge >= 0.3 is 0 Å². The summed E-state index contributed by atoms with van der Waals surface area (Å²) < 4.78 is 5.64. The molecule has 0 aromatic heterocycles. The van der Waals surface area contributed by atoms with Gasteiger partial charge in [-0.2, -0.15) is 0 Å². The fourth-order valence-corrected chi connectivity index (χ4v) is 2.74. The van der Waals surface area contributed by atoms with Gasteiger partial charge in [-0.3, -0.25) is 0 Å². The topological polar surface area (TPSA) is 29.5 Å². The van der Waals surface area contributed by atoms with E-state index in [9.17, 15) is 5.11 Å². The predicted octanol–water partition coefficient (Wildman–Crippen LogP) is 3.03. The number of hydrogen-bond acceptors (Lipinski definition) is 2. The zero-order valence-electron chi connectivity index (χ0n) is 10.7. The molecule has 0 radical (unpaired) electrons. The van der Waals surface area contributed by atoms with E-state index in [2.05, 4.69) is 11.8 Å². The van der Waals surface area contributed by atoms with Crippen molar-refractivity contribution in [2.24, 2.45) is 0 Å². The van der Waals surface area contributed by atoms with Crippen molar-refractivity contribution in [2.75, 3.05) is 6.61 Å². The summed E-state index contributed by atoms with van der Waals surface area (Å²) in [7, 11) is 0. The van der Waals surface area contributed by atoms with Gasteiger partial charge in [0.2, 0.25) is 0 Å². The molecule has 2 rings (SSSR count). The average Bonchev–Trinajstić information content (AvgIpc) is 2.56. The second-order valence-electron chi connectivity index (χ2n) is 5.44. The lowest BCUT2D eigenvalue weighted by molar-refractivity contribution is 0.0195. The van der Waals surface area contributed by atoms with Crippen LogP contribution >= 0.6 is 0 Å². The van der Waals surface area contributed by atoms with E-state index in [-0.39, 0.29) is 0 Å². The van der Waals surface area contributed by atoms with Crippen molar-refractivity contribution in [3.63, 3.8) is 0 Å². The quantitative estimate of drug-likeness (QED) is 0.560. The van der Waals surface area contributed by atoms with Gasteiger partial charge in [0.05, 0.1) is 6.10 Å². The first-order valence-electron chi connectivity index (χ1n) is 7.13. The van der Waals surface area contributed by atoms with Crippen molar-refractivity contribution >= 4 is 0 Å². The molecule has 1 heterocycles. The van der Waals surface area contributed by atoms with Gasteiger partial charge in [0, 0.05) is 13.0 Å². The fourth-order valence-electron chi connectivity index (χ4n) is 2.74. The van der Waals surface area contributed by atoms with Crippen LogP contribution in [0.5, 0.6) is 0 Å². The molecular weight excluding hydrogens is 212 g/mol. The van der Waals surface area contributed by atoms with Crippen molar-refractivity contribution in [1.82, 2.24) is 0 Å². The van der Waals surface area contributed by atoms with Crippen molar-refractivity contribution in [3.05, 3.63) is 0 Å². The molecule has 96 valence electrons. The highest BCUT2D eigenvalue weighted by atomic mass is 16.5. The van der Waals surface area contributed by atoms with Crippen molar-refractivity contribution in [1.29, 1.82) is 0 Å². The maximum atomic E-state index is 10.4. The minimum atomic E-state index is -0.703. The first-order chi connectivity index (χ1) is 8.29. The minimum Gasteiger partial charge on any atom is -0.378 e. The van der Waals surface area contributed by atoms with Crippen LogP contribution in [-0.4, -0.2) is 23.4 Å². The monoisotopic (exact) mass is 236 g/mol. The van der Waals surface area contributed by atoms with Gasteiger partial charge in [-0.1, -0.05) is 24.7 Å². The maximum absolute atomic E-state index is 10.4. The number of ether oxygens (including phenoxy) is 1. The minimum absolute atomic E-state index is 0.311. The van der Waals surface area contributed by atoms with Crippen LogP contribution in [0.4, 0.5) is 0 Å². The lowest BCUT2D eigenvalue weighted by Crippen LogP contribution is -2.25. The summed E-state index contributed by atoms with van der Waals surface area (Å²) in [5, 5.41) is 10.4. The second-order valence-corrected chi connectivity index (χ2v) is 5.44. The van der Waals surface area contributed by atoms with Crippen LogP contribution in [0.3, 0.4) is 0 Å². The van der Waals surface area contributed by atoms with Crippen LogP contribution in [0.2, 0.25) is 0 Å². The first-order valence-corrected chi connectivity index (χ1v) is 7.13. The largest absolute Gasteiger partial charge is 0.378 e. The van der Waals surface area contributed by atoms with Crippen LogP contribution in [0.25, 0.3) is 0 Å². The van der Waals surface area contributed by atoms with Gasteiger partial charge in [-0.25, -0.2) is 0 Å². The zero-order valence-corrected chi connectivity index (χ0v) is 10.7. The molecule has 1 N–H and O–H groups in total. The third-order valence-electron chi connectivity index (χ3n) is 3.86. The fraction of sp³-hybridized carbons (Fsp3) is 0.867. The van der Waals surface area contributed by atoms with E-state index in [0.717, 1.165) is 45.1 Å². The molecule has 2 nitrogen and oxygen atoms in total. The van der Waals surface area contributed by atoms with E-state index >= 15 is 0 Å². The van der Waals surface area contributed by atoms with Crippen LogP contribution in [-0.2, 0) is 4.74 Å². The van der Waals surface area contributed by atoms with E-state index in [0.29, 0.717) is 6.10 Å². The van der Waals surface area contributed by atoms with Gasteiger partial charge < -0.3 is 9.84 Å². The molecule has 1 aliphatic heterocycles. The molecule has 0 aromatic carbocycles. The van der Waals surface area contributed by atoms with Crippen molar-refractivity contribution in [2.45, 2.75) is 75.9 Å². The lowest BCUT2D eigenvalue weighted by Gasteiger charge is -2.21. The van der Waals surface area contributed by atoms with Gasteiger partial charge in [0.1, 0.15) is 5.60 Å². The summed E-state index contributed by atoms with van der Waals surface area (Å²) in [5.74, 6) is 6.28. The molecule has 1 unspecified atom stereocenters. The molecular formula is C15H24O2. The van der Waals surface area contributed by atoms with E-state index in [4.69, 9.17) is 4.74 Å². The molecule has 1 saturated heterocycles. The van der Waals surface area contributed by atoms with Crippen LogP contribution in [0.1, 0.15) is 64.2 Å². The highest BCUT2D eigenvalue weighted by molar-refractivity contribution is 5.14. The maximum Gasteiger partial charge on any atom is 0.125 e. The number of hydrogen-bond donors (Lipinski definition) is 1. The number of rotatable bonds is 1. The molecule has 0 aromatic rings. The highest BCUT2D eigenvalue weighted by Crippen LogP contribution is 2.26. The second kappa shape index (κ2) is 6.42. The molecule has 2 aliphatic rings. The summed E-state index contributed by atoms with van der Waals surface area (Å²) >= 11 is 0. The van der Waals surface area contributed by atoms with E-state index in [1.54, 1.807) is 0 Å². The average molecular weight is 236 g/mol. The molecule has 0 amide bonds. The Morgan fingerprint density at radius 3 is 2.47 bits per heavy atom. The molecule has 0 bridgehead atoms. The zero-order chi connectivity index (χ0) is 12.0. The standard InChI is InChI=1S/C15H24O2/c16-15(10-4-1-2-5-11-15)12-7-9-14-8-3-6-13-17-14/h14,16H,1-6,8-11,13H2. The smallest absolute Gasteiger partial charge is 0.125 e. The molecule has 1 atom stereocenters. The van der Waals surface area contributed by atoms with Gasteiger partial charge in [0.25, 0.3) is 0 Å². The summed E-state index contributed by atoms with van der Waals surface area (Å²) in [6.07, 6.45) is 11.1. The Balaban J connectivity index is 1.81. The Morgan fingerprint density at radius 1 is 1.06 bits per heavy atom. The Hall–Kier alpha value is -0.520. The van der Waals surface area contributed by atoms with Crippen molar-refractivity contribution in [3.8, 4) is 11.8 Å². The summed E-state index contributed by atoms with van der Waals surface area (Å²) in [4.78, 5) is 0. The Labute approximate surface area is 105 Å². The molecule has 2 heteroatoms. The van der Waals surface area contributed by atoms with E-state index < -0.39 is 5.60 Å². The Kier molecular flexibility index (Phi) is 4.88.